The standard InChI is InChI=1S/C18H32S6/c19-3-5-21-7-9-23-16-2-1-14-15-11-13(18(14)16)12-17(15)24-10-8-22-6-4-20/h13-20H,1-12H2. The molecule has 6 unspecified atom stereocenters. The van der Waals surface area contributed by atoms with Gasteiger partial charge in [-0.3, -0.25) is 0 Å². The Labute approximate surface area is 177 Å². The first-order valence-electron chi connectivity index (χ1n) is 9.45. The molecule has 2 bridgehead atoms. The van der Waals surface area contributed by atoms with Crippen molar-refractivity contribution < 1.29 is 0 Å². The maximum Gasteiger partial charge on any atom is 0.00812 e. The van der Waals surface area contributed by atoms with Crippen molar-refractivity contribution in [1.29, 1.82) is 0 Å². The van der Waals surface area contributed by atoms with Crippen molar-refractivity contribution in [2.75, 3.05) is 46.0 Å². The molecule has 3 rings (SSSR count). The van der Waals surface area contributed by atoms with Crippen LogP contribution in [0.5, 0.6) is 0 Å². The van der Waals surface area contributed by atoms with Gasteiger partial charge < -0.3 is 0 Å². The fraction of sp³-hybridized carbons (Fsp3) is 1.00. The lowest BCUT2D eigenvalue weighted by Gasteiger charge is -2.33. The summed E-state index contributed by atoms with van der Waals surface area (Å²) in [5.74, 6) is 14.2. The van der Waals surface area contributed by atoms with Crippen LogP contribution in [0.2, 0.25) is 0 Å². The third-order valence-electron chi connectivity index (χ3n) is 5.98. The van der Waals surface area contributed by atoms with Crippen LogP contribution in [0.1, 0.15) is 25.7 Å². The summed E-state index contributed by atoms with van der Waals surface area (Å²) < 4.78 is 0. The number of rotatable bonds is 12. The lowest BCUT2D eigenvalue weighted by Crippen LogP contribution is -2.30. The van der Waals surface area contributed by atoms with Gasteiger partial charge in [0.25, 0.3) is 0 Å². The molecule has 0 nitrogen and oxygen atoms in total. The van der Waals surface area contributed by atoms with Crippen molar-refractivity contribution in [1.82, 2.24) is 0 Å². The van der Waals surface area contributed by atoms with Gasteiger partial charge in [0.2, 0.25) is 0 Å². The number of thiol groups is 2. The van der Waals surface area contributed by atoms with Crippen molar-refractivity contribution in [3.63, 3.8) is 0 Å². The van der Waals surface area contributed by atoms with E-state index in [0.717, 1.165) is 45.7 Å². The molecule has 0 aromatic rings. The van der Waals surface area contributed by atoms with Crippen molar-refractivity contribution in [3.8, 4) is 0 Å². The van der Waals surface area contributed by atoms with Gasteiger partial charge in [0.1, 0.15) is 0 Å². The van der Waals surface area contributed by atoms with E-state index in [1.54, 1.807) is 19.3 Å². The quantitative estimate of drug-likeness (QED) is 0.300. The highest BCUT2D eigenvalue weighted by molar-refractivity contribution is 8.04. The summed E-state index contributed by atoms with van der Waals surface area (Å²) in [6, 6.07) is 0. The minimum atomic E-state index is 0.999. The zero-order valence-electron chi connectivity index (χ0n) is 14.5. The number of hydrogen-bond donors (Lipinski definition) is 2. The molecule has 0 aromatic carbocycles. The lowest BCUT2D eigenvalue weighted by atomic mass is 9.81. The minimum Gasteiger partial charge on any atom is -0.179 e. The minimum absolute atomic E-state index is 0.999. The lowest BCUT2D eigenvalue weighted by molar-refractivity contribution is 0.270. The second kappa shape index (κ2) is 11.2. The second-order valence-corrected chi connectivity index (χ2v) is 13.2. The largest absolute Gasteiger partial charge is 0.179 e. The Morgan fingerprint density at radius 1 is 0.667 bits per heavy atom. The van der Waals surface area contributed by atoms with Gasteiger partial charge in [-0.05, 0) is 60.9 Å². The summed E-state index contributed by atoms with van der Waals surface area (Å²) in [4.78, 5) is 0. The molecule has 3 fully saturated rings. The molecule has 0 N–H and O–H groups in total. The van der Waals surface area contributed by atoms with E-state index in [4.69, 9.17) is 0 Å². The van der Waals surface area contributed by atoms with Crippen LogP contribution in [0.25, 0.3) is 0 Å². The van der Waals surface area contributed by atoms with Crippen LogP contribution in [0, 0.1) is 23.7 Å². The molecule has 24 heavy (non-hydrogen) atoms. The van der Waals surface area contributed by atoms with E-state index in [0.29, 0.717) is 0 Å². The molecule has 6 heteroatoms. The zero-order chi connectivity index (χ0) is 16.8. The molecule has 3 saturated carbocycles. The van der Waals surface area contributed by atoms with E-state index in [2.05, 4.69) is 72.3 Å². The molecule has 3 aliphatic carbocycles. The Bertz CT molecular complexity index is 365. The molecule has 3 aliphatic rings. The second-order valence-electron chi connectivity index (χ2n) is 7.20. The van der Waals surface area contributed by atoms with Crippen LogP contribution >= 0.6 is 72.3 Å². The van der Waals surface area contributed by atoms with E-state index < -0.39 is 0 Å². The van der Waals surface area contributed by atoms with E-state index in [9.17, 15) is 0 Å². The molecule has 0 aromatic heterocycles. The van der Waals surface area contributed by atoms with E-state index in [1.165, 1.54) is 40.9 Å². The average Bonchev–Trinajstić information content (AvgIpc) is 3.27. The van der Waals surface area contributed by atoms with E-state index >= 15 is 0 Å². The van der Waals surface area contributed by atoms with Crippen LogP contribution in [-0.4, -0.2) is 56.5 Å². The van der Waals surface area contributed by atoms with Crippen molar-refractivity contribution in [3.05, 3.63) is 0 Å². The first-order chi connectivity index (χ1) is 11.8. The number of thioether (sulfide) groups is 4. The van der Waals surface area contributed by atoms with Crippen molar-refractivity contribution in [2.45, 2.75) is 36.2 Å². The maximum atomic E-state index is 4.30. The maximum absolute atomic E-state index is 4.30. The van der Waals surface area contributed by atoms with Crippen LogP contribution in [-0.2, 0) is 0 Å². The summed E-state index contributed by atoms with van der Waals surface area (Å²) in [6.07, 6.45) is 6.17. The normalized spacial score (nSPS) is 37.2. The summed E-state index contributed by atoms with van der Waals surface area (Å²) in [5, 5.41) is 2.00. The predicted molar refractivity (Wildman–Crippen MR) is 127 cm³/mol. The van der Waals surface area contributed by atoms with E-state index in [-0.39, 0.29) is 0 Å². The SMILES string of the molecule is SCCSCCSC1CC2CC1C1CCC(SCCSCCS)C21. The van der Waals surface area contributed by atoms with Crippen molar-refractivity contribution >= 4 is 72.3 Å². The van der Waals surface area contributed by atoms with Gasteiger partial charge in [-0.2, -0.15) is 72.3 Å². The Balaban J connectivity index is 1.37. The molecule has 0 amide bonds. The van der Waals surface area contributed by atoms with Crippen LogP contribution in [0.4, 0.5) is 0 Å². The Kier molecular flexibility index (Phi) is 9.71. The van der Waals surface area contributed by atoms with Crippen LogP contribution in [0.15, 0.2) is 0 Å². The average molecular weight is 441 g/mol. The van der Waals surface area contributed by atoms with Gasteiger partial charge in [-0.25, -0.2) is 0 Å². The van der Waals surface area contributed by atoms with Gasteiger partial charge in [0.15, 0.2) is 0 Å². The van der Waals surface area contributed by atoms with E-state index in [1.807, 2.05) is 0 Å². The van der Waals surface area contributed by atoms with Crippen LogP contribution < -0.4 is 0 Å². The Hall–Kier alpha value is 2.10. The highest BCUT2D eigenvalue weighted by Gasteiger charge is 2.56. The highest BCUT2D eigenvalue weighted by atomic mass is 32.2. The van der Waals surface area contributed by atoms with Crippen LogP contribution in [0.3, 0.4) is 0 Å². The van der Waals surface area contributed by atoms with Gasteiger partial charge >= 0.3 is 0 Å². The first-order valence-corrected chi connectivity index (χ1v) is 15.1. The highest BCUT2D eigenvalue weighted by Crippen LogP contribution is 2.63. The zero-order valence-corrected chi connectivity index (χ0v) is 19.5. The smallest absolute Gasteiger partial charge is 0.00812 e. The molecular weight excluding hydrogens is 409 g/mol. The molecule has 0 aliphatic heterocycles. The number of hydrogen-bond acceptors (Lipinski definition) is 6. The van der Waals surface area contributed by atoms with Crippen molar-refractivity contribution in [2.24, 2.45) is 23.7 Å². The molecule has 0 heterocycles. The molecule has 0 saturated heterocycles. The third kappa shape index (κ3) is 5.33. The molecule has 0 spiro atoms. The third-order valence-corrected chi connectivity index (χ3v) is 12.3. The topological polar surface area (TPSA) is 0 Å². The molecule has 6 atom stereocenters. The Morgan fingerprint density at radius 3 is 2.00 bits per heavy atom. The summed E-state index contributed by atoms with van der Waals surface area (Å²) >= 11 is 17.4. The predicted octanol–water partition coefficient (Wildman–Crippen LogP) is 5.58. The summed E-state index contributed by atoms with van der Waals surface area (Å²) in [7, 11) is 0. The molecule has 140 valence electrons. The number of fused-ring (bicyclic) bond motifs is 5. The summed E-state index contributed by atoms with van der Waals surface area (Å²) in [6.45, 7) is 0. The van der Waals surface area contributed by atoms with Gasteiger partial charge in [0, 0.05) is 45.0 Å². The molecular formula is C18H32S6. The first kappa shape index (κ1) is 20.8. The van der Waals surface area contributed by atoms with Gasteiger partial charge in [0.05, 0.1) is 0 Å². The van der Waals surface area contributed by atoms with Gasteiger partial charge in [-0.1, -0.05) is 0 Å². The Morgan fingerprint density at radius 2 is 1.33 bits per heavy atom. The summed E-state index contributed by atoms with van der Waals surface area (Å²) in [5.41, 5.74) is 0. The molecule has 0 radical (unpaired) electrons. The monoisotopic (exact) mass is 440 g/mol. The fourth-order valence-corrected chi connectivity index (χ4v) is 10.9. The fourth-order valence-electron chi connectivity index (χ4n) is 5.24. The van der Waals surface area contributed by atoms with Gasteiger partial charge in [-0.15, -0.1) is 0 Å².